The third-order valence-corrected chi connectivity index (χ3v) is 3.45. The first-order chi connectivity index (χ1) is 10.3. The van der Waals surface area contributed by atoms with Crippen molar-refractivity contribution in [2.24, 2.45) is 5.73 Å². The Bertz CT molecular complexity index is 605. The van der Waals surface area contributed by atoms with Gasteiger partial charge in [-0.2, -0.15) is 0 Å². The molecule has 2 rings (SSSR count). The fourth-order valence-electron chi connectivity index (χ4n) is 2.09. The van der Waals surface area contributed by atoms with Gasteiger partial charge in [0.05, 0.1) is 6.20 Å². The second-order valence-corrected chi connectivity index (χ2v) is 6.56. The Morgan fingerprint density at radius 1 is 1.18 bits per heavy atom. The lowest BCUT2D eigenvalue weighted by Crippen LogP contribution is -2.30. The lowest BCUT2D eigenvalue weighted by molar-refractivity contribution is 0.286. The molecule has 1 aromatic carbocycles. The topological polar surface area (TPSA) is 48.1 Å². The molecule has 4 heteroatoms. The van der Waals surface area contributed by atoms with Gasteiger partial charge in [0, 0.05) is 12.2 Å². The normalized spacial score (nSPS) is 13.0. The summed E-state index contributed by atoms with van der Waals surface area (Å²) >= 11 is 0. The van der Waals surface area contributed by atoms with Crippen LogP contribution in [0.4, 0.5) is 4.39 Å². The van der Waals surface area contributed by atoms with Gasteiger partial charge in [0.2, 0.25) is 0 Å². The molecule has 0 fully saturated rings. The van der Waals surface area contributed by atoms with E-state index in [0.717, 1.165) is 16.9 Å². The zero-order chi connectivity index (χ0) is 16.2. The third-order valence-electron chi connectivity index (χ3n) is 3.45. The highest BCUT2D eigenvalue weighted by Crippen LogP contribution is 2.24. The molecule has 3 nitrogen and oxygen atoms in total. The van der Waals surface area contributed by atoms with Crippen molar-refractivity contribution in [1.82, 2.24) is 4.98 Å². The van der Waals surface area contributed by atoms with Gasteiger partial charge in [0.25, 0.3) is 0 Å². The molecular weight excluding hydrogens is 279 g/mol. The number of nitrogens with two attached hydrogens (primary N) is 1. The van der Waals surface area contributed by atoms with Gasteiger partial charge >= 0.3 is 0 Å². The number of nitrogens with zero attached hydrogens (tertiary/aromatic N) is 1. The van der Waals surface area contributed by atoms with Crippen LogP contribution in [-0.4, -0.2) is 17.6 Å². The van der Waals surface area contributed by atoms with Crippen molar-refractivity contribution in [3.8, 4) is 5.75 Å². The zero-order valence-electron chi connectivity index (χ0n) is 13.3. The Morgan fingerprint density at radius 3 is 2.50 bits per heavy atom. The van der Waals surface area contributed by atoms with Crippen molar-refractivity contribution in [2.75, 3.05) is 6.61 Å². The van der Waals surface area contributed by atoms with Crippen molar-refractivity contribution >= 4 is 0 Å². The minimum atomic E-state index is -0.237. The van der Waals surface area contributed by atoms with Crippen molar-refractivity contribution in [3.63, 3.8) is 0 Å². The number of ether oxygens (including phenoxy) is 1. The van der Waals surface area contributed by atoms with E-state index in [1.165, 1.54) is 12.1 Å². The molecule has 0 aliphatic carbocycles. The molecule has 1 atom stereocenters. The van der Waals surface area contributed by atoms with Crippen LogP contribution in [0.3, 0.4) is 0 Å². The molecule has 0 amide bonds. The molecule has 2 aromatic rings. The minimum Gasteiger partial charge on any atom is -0.490 e. The highest BCUT2D eigenvalue weighted by atomic mass is 19.1. The lowest BCUT2D eigenvalue weighted by Gasteiger charge is -2.19. The summed E-state index contributed by atoms with van der Waals surface area (Å²) in [5.74, 6) is 0.487. The molecule has 0 spiro atoms. The van der Waals surface area contributed by atoms with E-state index >= 15 is 0 Å². The maximum atomic E-state index is 12.9. The Morgan fingerprint density at radius 2 is 1.86 bits per heavy atom. The van der Waals surface area contributed by atoms with E-state index in [2.05, 4.69) is 25.8 Å². The van der Waals surface area contributed by atoms with Crippen LogP contribution < -0.4 is 10.5 Å². The standard InChI is InChI=1S/C18H23FN2O/c1-18(2,3)14-9-17(11-21-10-14)22-12-16(20)8-13-4-6-15(19)7-5-13/h4-7,9-11,16H,8,12,20H2,1-3H3/t16-/m0/s1. The summed E-state index contributed by atoms with van der Waals surface area (Å²) in [6.07, 6.45) is 4.19. The van der Waals surface area contributed by atoms with Crippen molar-refractivity contribution in [2.45, 2.75) is 38.6 Å². The number of halogens is 1. The van der Waals surface area contributed by atoms with Crippen LogP contribution in [-0.2, 0) is 11.8 Å². The molecule has 0 aliphatic heterocycles. The summed E-state index contributed by atoms with van der Waals surface area (Å²) in [5.41, 5.74) is 8.23. The van der Waals surface area contributed by atoms with E-state index in [1.807, 2.05) is 12.3 Å². The molecule has 0 saturated heterocycles. The summed E-state index contributed by atoms with van der Waals surface area (Å²) in [7, 11) is 0. The average Bonchev–Trinajstić information content (AvgIpc) is 2.47. The van der Waals surface area contributed by atoms with Gasteiger partial charge in [-0.15, -0.1) is 0 Å². The van der Waals surface area contributed by atoms with Gasteiger partial charge < -0.3 is 10.5 Å². The first kappa shape index (κ1) is 16.4. The number of rotatable bonds is 5. The summed E-state index contributed by atoms with van der Waals surface area (Å²) in [4.78, 5) is 4.22. The largest absolute Gasteiger partial charge is 0.490 e. The molecular formula is C18H23FN2O. The average molecular weight is 302 g/mol. The fourth-order valence-corrected chi connectivity index (χ4v) is 2.09. The van der Waals surface area contributed by atoms with E-state index in [-0.39, 0.29) is 17.3 Å². The van der Waals surface area contributed by atoms with E-state index in [4.69, 9.17) is 10.5 Å². The summed E-state index contributed by atoms with van der Waals surface area (Å²) in [5, 5.41) is 0. The smallest absolute Gasteiger partial charge is 0.137 e. The minimum absolute atomic E-state index is 0.0304. The number of aromatic nitrogens is 1. The molecule has 2 N–H and O–H groups in total. The van der Waals surface area contributed by atoms with E-state index in [1.54, 1.807) is 18.3 Å². The summed E-state index contributed by atoms with van der Waals surface area (Å²) in [6, 6.07) is 8.23. The maximum Gasteiger partial charge on any atom is 0.137 e. The third kappa shape index (κ3) is 4.81. The van der Waals surface area contributed by atoms with E-state index < -0.39 is 0 Å². The summed E-state index contributed by atoms with van der Waals surface area (Å²) in [6.45, 7) is 6.79. The Balaban J connectivity index is 1.91. The molecule has 1 heterocycles. The van der Waals surface area contributed by atoms with Gasteiger partial charge in [-0.05, 0) is 41.2 Å². The van der Waals surface area contributed by atoms with Crippen molar-refractivity contribution < 1.29 is 9.13 Å². The predicted molar refractivity (Wildman–Crippen MR) is 86.5 cm³/mol. The molecule has 1 aromatic heterocycles. The molecule has 0 radical (unpaired) electrons. The SMILES string of the molecule is CC(C)(C)c1cncc(OC[C@@H](N)Cc2ccc(F)cc2)c1. The zero-order valence-corrected chi connectivity index (χ0v) is 13.3. The van der Waals surface area contributed by atoms with Gasteiger partial charge in [-0.1, -0.05) is 32.9 Å². The van der Waals surface area contributed by atoms with Crippen molar-refractivity contribution in [1.29, 1.82) is 0 Å². The molecule has 0 unspecified atom stereocenters. The van der Waals surface area contributed by atoms with Crippen LogP contribution in [0.25, 0.3) is 0 Å². The molecule has 0 aliphatic rings. The van der Waals surface area contributed by atoms with Gasteiger partial charge in [-0.3, -0.25) is 4.98 Å². The molecule has 0 saturated carbocycles. The molecule has 0 bridgehead atoms. The maximum absolute atomic E-state index is 12.9. The van der Waals surface area contributed by atoms with Crippen LogP contribution in [0.1, 0.15) is 31.9 Å². The van der Waals surface area contributed by atoms with Gasteiger partial charge in [0.1, 0.15) is 18.2 Å². The number of pyridine rings is 1. The Hall–Kier alpha value is -1.94. The van der Waals surface area contributed by atoms with E-state index in [9.17, 15) is 4.39 Å². The Kier molecular flexibility index (Phi) is 5.14. The van der Waals surface area contributed by atoms with Gasteiger partial charge in [-0.25, -0.2) is 4.39 Å². The fraction of sp³-hybridized carbons (Fsp3) is 0.389. The van der Waals surface area contributed by atoms with Crippen LogP contribution >= 0.6 is 0 Å². The highest BCUT2D eigenvalue weighted by molar-refractivity contribution is 5.28. The Labute approximate surface area is 131 Å². The predicted octanol–water partition coefficient (Wildman–Crippen LogP) is 3.47. The lowest BCUT2D eigenvalue weighted by atomic mass is 9.88. The van der Waals surface area contributed by atoms with Gasteiger partial charge in [0.15, 0.2) is 0 Å². The monoisotopic (exact) mass is 302 g/mol. The number of hydrogen-bond donors (Lipinski definition) is 1. The second-order valence-electron chi connectivity index (χ2n) is 6.56. The van der Waals surface area contributed by atoms with E-state index in [0.29, 0.717) is 13.0 Å². The van der Waals surface area contributed by atoms with Crippen LogP contribution in [0.15, 0.2) is 42.7 Å². The second kappa shape index (κ2) is 6.88. The first-order valence-corrected chi connectivity index (χ1v) is 7.43. The quantitative estimate of drug-likeness (QED) is 0.920. The van der Waals surface area contributed by atoms with Crippen LogP contribution in [0.5, 0.6) is 5.75 Å². The molecule has 118 valence electrons. The van der Waals surface area contributed by atoms with Crippen LogP contribution in [0, 0.1) is 5.82 Å². The number of hydrogen-bond acceptors (Lipinski definition) is 3. The van der Waals surface area contributed by atoms with Crippen molar-refractivity contribution in [3.05, 3.63) is 59.7 Å². The van der Waals surface area contributed by atoms with Crippen LogP contribution in [0.2, 0.25) is 0 Å². The number of benzene rings is 1. The highest BCUT2D eigenvalue weighted by Gasteiger charge is 2.15. The first-order valence-electron chi connectivity index (χ1n) is 7.43. The summed E-state index contributed by atoms with van der Waals surface area (Å²) < 4.78 is 18.6. The molecule has 22 heavy (non-hydrogen) atoms.